The molecule has 0 aromatic carbocycles. The fourth-order valence-corrected chi connectivity index (χ4v) is 2.86. The van der Waals surface area contributed by atoms with Crippen LogP contribution in [0.2, 0.25) is 0 Å². The quantitative estimate of drug-likeness (QED) is 0.927. The van der Waals surface area contributed by atoms with Gasteiger partial charge in [0.15, 0.2) is 0 Å². The monoisotopic (exact) mass is 320 g/mol. The van der Waals surface area contributed by atoms with Crippen LogP contribution >= 0.6 is 24.8 Å². The van der Waals surface area contributed by atoms with Crippen molar-refractivity contribution in [3.8, 4) is 0 Å². The summed E-state index contributed by atoms with van der Waals surface area (Å²) in [6.45, 7) is 4.35. The van der Waals surface area contributed by atoms with E-state index in [0.29, 0.717) is 12.6 Å². The first-order valence-electron chi connectivity index (χ1n) is 6.72. The number of aromatic nitrogens is 1. The van der Waals surface area contributed by atoms with Gasteiger partial charge in [-0.1, -0.05) is 6.07 Å². The summed E-state index contributed by atoms with van der Waals surface area (Å²) in [5.74, 6) is 0. The highest BCUT2D eigenvalue weighted by Gasteiger charge is 2.39. The molecule has 2 fully saturated rings. The molecular weight excluding hydrogens is 299 g/mol. The van der Waals surface area contributed by atoms with Gasteiger partial charge in [0.05, 0.1) is 31.1 Å². The van der Waals surface area contributed by atoms with Crippen LogP contribution < -0.4 is 5.32 Å². The van der Waals surface area contributed by atoms with Gasteiger partial charge < -0.3 is 14.8 Å². The second kappa shape index (κ2) is 8.15. The van der Waals surface area contributed by atoms with Crippen LogP contribution in [0.5, 0.6) is 0 Å². The number of halogens is 2. The zero-order valence-electron chi connectivity index (χ0n) is 11.6. The Hall–Kier alpha value is -0.390. The molecule has 1 saturated carbocycles. The number of fused-ring (bicyclic) bond motifs is 1. The van der Waals surface area contributed by atoms with E-state index in [9.17, 15) is 0 Å². The highest BCUT2D eigenvalue weighted by Crippen LogP contribution is 2.27. The number of hydrogen-bond donors (Lipinski definition) is 1. The van der Waals surface area contributed by atoms with Crippen LogP contribution in [0.25, 0.3) is 0 Å². The molecule has 4 nitrogen and oxygen atoms in total. The number of morpholine rings is 1. The lowest BCUT2D eigenvalue weighted by Crippen LogP contribution is -2.48. The molecule has 20 heavy (non-hydrogen) atoms. The summed E-state index contributed by atoms with van der Waals surface area (Å²) in [5, 5.41) is 3.50. The first-order chi connectivity index (χ1) is 8.83. The van der Waals surface area contributed by atoms with Crippen LogP contribution in [0.3, 0.4) is 0 Å². The van der Waals surface area contributed by atoms with Crippen molar-refractivity contribution >= 4 is 24.8 Å². The predicted molar refractivity (Wildman–Crippen MR) is 82.8 cm³/mol. The van der Waals surface area contributed by atoms with Crippen LogP contribution in [-0.2, 0) is 16.1 Å². The van der Waals surface area contributed by atoms with E-state index in [-0.39, 0.29) is 37.0 Å². The summed E-state index contributed by atoms with van der Waals surface area (Å²) >= 11 is 0. The highest BCUT2D eigenvalue weighted by atomic mass is 35.5. The van der Waals surface area contributed by atoms with Gasteiger partial charge in [-0.05, 0) is 31.9 Å². The Morgan fingerprint density at radius 1 is 1.35 bits per heavy atom. The first kappa shape index (κ1) is 17.7. The van der Waals surface area contributed by atoms with E-state index >= 15 is 0 Å². The van der Waals surface area contributed by atoms with Gasteiger partial charge in [0.2, 0.25) is 0 Å². The van der Waals surface area contributed by atoms with Crippen molar-refractivity contribution in [2.24, 2.45) is 0 Å². The molecule has 0 spiro atoms. The van der Waals surface area contributed by atoms with Gasteiger partial charge in [-0.3, -0.25) is 4.98 Å². The zero-order chi connectivity index (χ0) is 12.4. The lowest BCUT2D eigenvalue weighted by atomic mass is 10.1. The summed E-state index contributed by atoms with van der Waals surface area (Å²) in [5.41, 5.74) is 2.04. The zero-order valence-corrected chi connectivity index (χ0v) is 13.2. The number of aryl methyl sites for hydroxylation is 1. The second-order valence-electron chi connectivity index (χ2n) is 5.09. The lowest BCUT2D eigenvalue weighted by molar-refractivity contribution is -0.0841. The second-order valence-corrected chi connectivity index (χ2v) is 5.09. The van der Waals surface area contributed by atoms with Crippen LogP contribution in [0, 0.1) is 6.92 Å². The third-order valence-corrected chi connectivity index (χ3v) is 3.74. The van der Waals surface area contributed by atoms with Crippen molar-refractivity contribution in [2.45, 2.75) is 44.6 Å². The maximum Gasteiger partial charge on any atom is 0.0989 e. The Morgan fingerprint density at radius 3 is 3.00 bits per heavy atom. The molecule has 6 heteroatoms. The molecule has 1 aliphatic carbocycles. The Morgan fingerprint density at radius 2 is 2.20 bits per heavy atom. The van der Waals surface area contributed by atoms with Crippen molar-refractivity contribution in [1.29, 1.82) is 0 Å². The van der Waals surface area contributed by atoms with E-state index in [1.54, 1.807) is 0 Å². The molecule has 2 aliphatic rings. The first-order valence-corrected chi connectivity index (χ1v) is 6.72. The molecule has 0 radical (unpaired) electrons. The maximum atomic E-state index is 5.99. The molecule has 0 unspecified atom stereocenters. The van der Waals surface area contributed by atoms with Gasteiger partial charge in [-0.15, -0.1) is 24.8 Å². The van der Waals surface area contributed by atoms with Crippen molar-refractivity contribution in [2.75, 3.05) is 13.2 Å². The van der Waals surface area contributed by atoms with Crippen LogP contribution in [-0.4, -0.2) is 36.4 Å². The van der Waals surface area contributed by atoms with E-state index in [1.807, 2.05) is 25.1 Å². The van der Waals surface area contributed by atoms with Gasteiger partial charge in [0.25, 0.3) is 0 Å². The number of pyridine rings is 1. The summed E-state index contributed by atoms with van der Waals surface area (Å²) in [6, 6.07) is 6.52. The Balaban J connectivity index is 0.000001000. The molecule has 0 amide bonds. The van der Waals surface area contributed by atoms with Gasteiger partial charge in [-0.2, -0.15) is 0 Å². The molecule has 1 saturated heterocycles. The van der Waals surface area contributed by atoms with Crippen molar-refractivity contribution in [1.82, 2.24) is 10.3 Å². The van der Waals surface area contributed by atoms with E-state index in [1.165, 1.54) is 0 Å². The Kier molecular flexibility index (Phi) is 7.20. The third kappa shape index (κ3) is 4.06. The van der Waals surface area contributed by atoms with E-state index in [2.05, 4.69) is 10.3 Å². The number of nitrogens with zero attached hydrogens (tertiary/aromatic N) is 1. The molecule has 1 N–H and O–H groups in total. The fourth-order valence-electron chi connectivity index (χ4n) is 2.86. The number of ether oxygens (including phenoxy) is 2. The van der Waals surface area contributed by atoms with Crippen molar-refractivity contribution < 1.29 is 9.47 Å². The number of nitrogens with one attached hydrogen (secondary N) is 1. The van der Waals surface area contributed by atoms with Crippen molar-refractivity contribution in [3.05, 3.63) is 29.6 Å². The standard InChI is InChI=1S/C14H20N2O2.2ClH/c1-10-3-2-4-11(16-10)9-18-13-6-5-12-14(13)17-8-7-15-12;;/h2-4,12-15H,5-9H2,1H3;2*1H/t12-,13+,14+;;/m0../s1. The average molecular weight is 321 g/mol. The SMILES string of the molecule is Cc1cccc(CO[C@@H]2CC[C@@H]3NCCO[C@H]32)n1.Cl.Cl. The molecule has 3 rings (SSSR count). The summed E-state index contributed by atoms with van der Waals surface area (Å²) in [6.07, 6.45) is 2.67. The highest BCUT2D eigenvalue weighted by molar-refractivity contribution is 5.85. The van der Waals surface area contributed by atoms with Gasteiger partial charge in [0.1, 0.15) is 0 Å². The fraction of sp³-hybridized carbons (Fsp3) is 0.643. The predicted octanol–water partition coefficient (Wildman–Crippen LogP) is 2.27. The van der Waals surface area contributed by atoms with Gasteiger partial charge >= 0.3 is 0 Å². The minimum atomic E-state index is 0. The number of hydrogen-bond acceptors (Lipinski definition) is 4. The molecule has 3 atom stereocenters. The average Bonchev–Trinajstić information content (AvgIpc) is 2.80. The molecular formula is C14H22Cl2N2O2. The molecule has 2 heterocycles. The van der Waals surface area contributed by atoms with Gasteiger partial charge in [-0.25, -0.2) is 0 Å². The minimum absolute atomic E-state index is 0. The lowest BCUT2D eigenvalue weighted by Gasteiger charge is -2.30. The largest absolute Gasteiger partial charge is 0.373 e. The summed E-state index contributed by atoms with van der Waals surface area (Å²) in [4.78, 5) is 4.46. The normalized spacial score (nSPS) is 28.1. The van der Waals surface area contributed by atoms with Crippen LogP contribution in [0.1, 0.15) is 24.2 Å². The van der Waals surface area contributed by atoms with E-state index in [0.717, 1.165) is 37.4 Å². The smallest absolute Gasteiger partial charge is 0.0989 e. The van der Waals surface area contributed by atoms with E-state index < -0.39 is 0 Å². The topological polar surface area (TPSA) is 43.4 Å². The summed E-state index contributed by atoms with van der Waals surface area (Å²) < 4.78 is 11.8. The van der Waals surface area contributed by atoms with Crippen LogP contribution in [0.4, 0.5) is 0 Å². The molecule has 1 aromatic heterocycles. The van der Waals surface area contributed by atoms with E-state index in [4.69, 9.17) is 9.47 Å². The molecule has 1 aliphatic heterocycles. The minimum Gasteiger partial charge on any atom is -0.373 e. The molecule has 1 aromatic rings. The van der Waals surface area contributed by atoms with Gasteiger partial charge in [0, 0.05) is 18.3 Å². The molecule has 0 bridgehead atoms. The molecule has 114 valence electrons. The Bertz CT molecular complexity index is 420. The van der Waals surface area contributed by atoms with Crippen molar-refractivity contribution in [3.63, 3.8) is 0 Å². The third-order valence-electron chi connectivity index (χ3n) is 3.74. The Labute approximate surface area is 132 Å². The summed E-state index contributed by atoms with van der Waals surface area (Å²) in [7, 11) is 0. The van der Waals surface area contributed by atoms with Crippen LogP contribution in [0.15, 0.2) is 18.2 Å². The number of rotatable bonds is 3. The maximum absolute atomic E-state index is 5.99.